The van der Waals surface area contributed by atoms with Gasteiger partial charge in [-0.3, -0.25) is 4.79 Å². The van der Waals surface area contributed by atoms with Gasteiger partial charge in [0.25, 0.3) is 0 Å². The first-order valence-corrected chi connectivity index (χ1v) is 10.6. The van der Waals surface area contributed by atoms with Gasteiger partial charge >= 0.3 is 0 Å². The fourth-order valence-electron chi connectivity index (χ4n) is 3.78. The van der Waals surface area contributed by atoms with Gasteiger partial charge in [-0.15, -0.1) is 0 Å². The van der Waals surface area contributed by atoms with Gasteiger partial charge in [0.15, 0.2) is 11.4 Å². The van der Waals surface area contributed by atoms with Crippen LogP contribution < -0.4 is 0 Å². The highest BCUT2D eigenvalue weighted by Crippen LogP contribution is 2.31. The topological polar surface area (TPSA) is 77.8 Å². The summed E-state index contributed by atoms with van der Waals surface area (Å²) in [6.45, 7) is 4.11. The van der Waals surface area contributed by atoms with Crippen LogP contribution in [0.15, 0.2) is 42.5 Å². The third kappa shape index (κ3) is 4.99. The number of carbonyl (C=O) groups excluding carboxylic acids is 1. The van der Waals surface area contributed by atoms with Crippen molar-refractivity contribution >= 4 is 16.6 Å². The molecule has 0 bridgehead atoms. The first-order chi connectivity index (χ1) is 13.5. The lowest BCUT2D eigenvalue weighted by Crippen LogP contribution is -2.58. The van der Waals surface area contributed by atoms with Gasteiger partial charge in [0.05, 0.1) is 12.2 Å². The number of hydrogen-bond donors (Lipinski definition) is 3. The zero-order valence-corrected chi connectivity index (χ0v) is 17.1. The number of benzene rings is 2. The van der Waals surface area contributed by atoms with Crippen molar-refractivity contribution < 1.29 is 20.1 Å². The van der Waals surface area contributed by atoms with E-state index in [1.54, 1.807) is 12.1 Å². The molecule has 0 aliphatic rings. The average molecular weight is 387 g/mol. The molecule has 2 rings (SSSR count). The number of Topliss-reactive ketones (excluding diaryl/α,β-unsaturated/α-hetero) is 1. The number of aliphatic hydroxyl groups excluding tert-OH is 2. The lowest BCUT2D eigenvalue weighted by Gasteiger charge is -2.36. The number of hydrogen-bond acceptors (Lipinski definition) is 4. The molecule has 0 aliphatic heterocycles. The van der Waals surface area contributed by atoms with E-state index in [1.165, 1.54) is 0 Å². The summed E-state index contributed by atoms with van der Waals surface area (Å²) in [6.07, 6.45) is 3.11. The predicted molar refractivity (Wildman–Crippen MR) is 114 cm³/mol. The fraction of sp³-hybridized carbons (Fsp3) is 0.542. The van der Waals surface area contributed by atoms with Gasteiger partial charge in [0, 0.05) is 5.56 Å². The van der Waals surface area contributed by atoms with Crippen LogP contribution in [-0.4, -0.2) is 38.9 Å². The molecule has 2 aromatic rings. The zero-order chi connectivity index (χ0) is 20.6. The number of fused-ring (bicyclic) bond motifs is 1. The van der Waals surface area contributed by atoms with Gasteiger partial charge in [-0.05, 0) is 23.6 Å². The van der Waals surface area contributed by atoms with Crippen molar-refractivity contribution in [3.05, 3.63) is 48.0 Å². The Hall–Kier alpha value is -1.75. The van der Waals surface area contributed by atoms with Crippen LogP contribution in [0.1, 0.15) is 75.6 Å². The lowest BCUT2D eigenvalue weighted by molar-refractivity contribution is -0.121. The maximum atomic E-state index is 13.5. The summed E-state index contributed by atoms with van der Waals surface area (Å²) in [5, 5.41) is 34.6. The van der Waals surface area contributed by atoms with Gasteiger partial charge in [0.1, 0.15) is 0 Å². The summed E-state index contributed by atoms with van der Waals surface area (Å²) >= 11 is 0. The van der Waals surface area contributed by atoms with Crippen LogP contribution in [0.3, 0.4) is 0 Å². The molecule has 0 saturated heterocycles. The van der Waals surface area contributed by atoms with Crippen LogP contribution in [0.25, 0.3) is 10.8 Å². The Morgan fingerprint density at radius 3 is 1.96 bits per heavy atom. The summed E-state index contributed by atoms with van der Waals surface area (Å²) in [4.78, 5) is 13.5. The molecule has 2 aromatic carbocycles. The molecule has 0 aliphatic carbocycles. The second-order valence-electron chi connectivity index (χ2n) is 7.70. The second-order valence-corrected chi connectivity index (χ2v) is 7.70. The van der Waals surface area contributed by atoms with Crippen molar-refractivity contribution in [2.24, 2.45) is 0 Å². The Balaban J connectivity index is 2.39. The Morgan fingerprint density at radius 2 is 1.39 bits per heavy atom. The quantitative estimate of drug-likeness (QED) is 0.367. The van der Waals surface area contributed by atoms with Crippen LogP contribution in [0.5, 0.6) is 0 Å². The predicted octanol–water partition coefficient (Wildman–Crippen LogP) is 4.64. The Labute approximate surface area is 168 Å². The number of ketones is 1. The monoisotopic (exact) mass is 386 g/mol. The van der Waals surface area contributed by atoms with Gasteiger partial charge < -0.3 is 15.3 Å². The van der Waals surface area contributed by atoms with Crippen LogP contribution in [0.4, 0.5) is 0 Å². The molecule has 3 N–H and O–H groups in total. The Bertz CT molecular complexity index is 734. The molecule has 154 valence electrons. The van der Waals surface area contributed by atoms with Crippen molar-refractivity contribution in [3.8, 4) is 0 Å². The number of unbranched alkanes of at least 4 members (excludes halogenated alkanes) is 4. The molecule has 0 fully saturated rings. The third-order valence-corrected chi connectivity index (χ3v) is 5.58. The molecule has 0 saturated carbocycles. The fourth-order valence-corrected chi connectivity index (χ4v) is 3.78. The lowest BCUT2D eigenvalue weighted by atomic mass is 9.78. The van der Waals surface area contributed by atoms with Gasteiger partial charge in [-0.25, -0.2) is 0 Å². The molecule has 2 unspecified atom stereocenters. The summed E-state index contributed by atoms with van der Waals surface area (Å²) in [6, 6.07) is 12.8. The Morgan fingerprint density at radius 1 is 0.857 bits per heavy atom. The van der Waals surface area contributed by atoms with E-state index in [2.05, 4.69) is 13.8 Å². The first-order valence-electron chi connectivity index (χ1n) is 10.6. The second kappa shape index (κ2) is 10.7. The molecule has 0 aromatic heterocycles. The van der Waals surface area contributed by atoms with Gasteiger partial charge in [-0.2, -0.15) is 0 Å². The van der Waals surface area contributed by atoms with Gasteiger partial charge in [-0.1, -0.05) is 94.8 Å². The van der Waals surface area contributed by atoms with Crippen molar-refractivity contribution in [1.29, 1.82) is 0 Å². The van der Waals surface area contributed by atoms with Crippen molar-refractivity contribution in [1.82, 2.24) is 0 Å². The van der Waals surface area contributed by atoms with Crippen LogP contribution in [0.2, 0.25) is 0 Å². The minimum absolute atomic E-state index is 0.283. The van der Waals surface area contributed by atoms with Crippen LogP contribution in [0, 0.1) is 0 Å². The summed E-state index contributed by atoms with van der Waals surface area (Å²) in [5.41, 5.74) is -1.87. The molecule has 0 spiro atoms. The van der Waals surface area contributed by atoms with Crippen molar-refractivity contribution in [2.75, 3.05) is 0 Å². The molecule has 4 nitrogen and oxygen atoms in total. The molecule has 0 amide bonds. The van der Waals surface area contributed by atoms with E-state index in [0.717, 1.165) is 36.5 Å². The largest absolute Gasteiger partial charge is 0.390 e. The molecule has 28 heavy (non-hydrogen) atoms. The standard InChI is InChI=1S/C24H34O4/c1-3-5-7-16-21(25)24(28,22(26)17-8-6-4-2)23(27)20-15-11-13-18-12-9-10-14-19(18)20/h9-15,21-22,25-26,28H,3-8,16-17H2,1-2H3. The van der Waals surface area contributed by atoms with Crippen LogP contribution >= 0.6 is 0 Å². The van der Waals surface area contributed by atoms with E-state index in [4.69, 9.17) is 0 Å². The molecule has 0 heterocycles. The highest BCUT2D eigenvalue weighted by atomic mass is 16.4. The summed E-state index contributed by atoms with van der Waals surface area (Å²) < 4.78 is 0. The zero-order valence-electron chi connectivity index (χ0n) is 17.1. The number of carbonyl (C=O) groups is 1. The van der Waals surface area contributed by atoms with E-state index in [9.17, 15) is 20.1 Å². The molecule has 2 atom stereocenters. The maximum absolute atomic E-state index is 13.5. The van der Waals surface area contributed by atoms with Crippen molar-refractivity contribution in [2.45, 2.75) is 83.0 Å². The molecular formula is C24H34O4. The highest BCUT2D eigenvalue weighted by Gasteiger charge is 2.49. The SMILES string of the molecule is CCCCCC(O)C(O)(C(=O)c1cccc2ccccc12)C(O)CCCCC. The van der Waals surface area contributed by atoms with E-state index in [-0.39, 0.29) is 12.8 Å². The highest BCUT2D eigenvalue weighted by molar-refractivity contribution is 6.12. The number of rotatable bonds is 12. The van der Waals surface area contributed by atoms with E-state index in [1.807, 2.05) is 30.3 Å². The van der Waals surface area contributed by atoms with Crippen LogP contribution in [-0.2, 0) is 0 Å². The van der Waals surface area contributed by atoms with E-state index in [0.29, 0.717) is 18.4 Å². The summed E-state index contributed by atoms with van der Waals surface area (Å²) in [5.74, 6) is -0.600. The minimum Gasteiger partial charge on any atom is -0.390 e. The Kier molecular flexibility index (Phi) is 8.61. The van der Waals surface area contributed by atoms with Gasteiger partial charge in [0.2, 0.25) is 0 Å². The maximum Gasteiger partial charge on any atom is 0.200 e. The summed E-state index contributed by atoms with van der Waals surface area (Å²) in [7, 11) is 0. The third-order valence-electron chi connectivity index (χ3n) is 5.58. The minimum atomic E-state index is -2.20. The first kappa shape index (κ1) is 22.5. The molecule has 0 radical (unpaired) electrons. The smallest absolute Gasteiger partial charge is 0.200 e. The van der Waals surface area contributed by atoms with Crippen molar-refractivity contribution in [3.63, 3.8) is 0 Å². The van der Waals surface area contributed by atoms with E-state index >= 15 is 0 Å². The molecular weight excluding hydrogens is 352 g/mol. The number of aliphatic hydroxyl groups is 3. The normalized spacial score (nSPS) is 15.9. The average Bonchev–Trinajstić information content (AvgIpc) is 2.72. The van der Waals surface area contributed by atoms with E-state index < -0.39 is 23.6 Å². The molecule has 4 heteroatoms.